The van der Waals surface area contributed by atoms with E-state index in [4.69, 9.17) is 0 Å². The van der Waals surface area contributed by atoms with Gasteiger partial charge in [0.15, 0.2) is 11.6 Å². The maximum absolute atomic E-state index is 11.1. The predicted octanol–water partition coefficient (Wildman–Crippen LogP) is 4.80. The summed E-state index contributed by atoms with van der Waals surface area (Å²) in [7, 11) is 0. The molecule has 0 spiro atoms. The van der Waals surface area contributed by atoms with Crippen molar-refractivity contribution in [2.45, 2.75) is 83.8 Å². The second-order valence-electron chi connectivity index (χ2n) is 5.86. The van der Waals surface area contributed by atoms with Gasteiger partial charge in [-0.3, -0.25) is 9.59 Å². The van der Waals surface area contributed by atoms with Crippen molar-refractivity contribution in [3.8, 4) is 0 Å². The Morgan fingerprint density at radius 2 is 1.68 bits per heavy atom. The molecule has 0 atom stereocenters. The first-order chi connectivity index (χ1) is 8.89. The molecule has 0 saturated heterocycles. The summed E-state index contributed by atoms with van der Waals surface area (Å²) in [5.41, 5.74) is 0. The maximum Gasteiger partial charge on any atom is 0.198 e. The van der Waals surface area contributed by atoms with Crippen LogP contribution in [0.5, 0.6) is 0 Å². The fourth-order valence-corrected chi connectivity index (χ4v) is 3.15. The van der Waals surface area contributed by atoms with Crippen LogP contribution in [0.3, 0.4) is 0 Å². The molecule has 0 heterocycles. The van der Waals surface area contributed by atoms with Gasteiger partial charge in [0.25, 0.3) is 0 Å². The SMILES string of the molecule is CCCCCCC(C)(C)SCCCCC(=O)C(C)=O. The van der Waals surface area contributed by atoms with Crippen LogP contribution >= 0.6 is 11.8 Å². The molecule has 0 N–H and O–H groups in total. The third-order valence-electron chi connectivity index (χ3n) is 3.32. The molecule has 0 fully saturated rings. The van der Waals surface area contributed by atoms with Crippen molar-refractivity contribution < 1.29 is 9.59 Å². The van der Waals surface area contributed by atoms with Crippen LogP contribution < -0.4 is 0 Å². The van der Waals surface area contributed by atoms with Crippen LogP contribution in [0.4, 0.5) is 0 Å². The van der Waals surface area contributed by atoms with Gasteiger partial charge >= 0.3 is 0 Å². The minimum Gasteiger partial charge on any atom is -0.291 e. The molecular formula is C16H30O2S. The van der Waals surface area contributed by atoms with E-state index >= 15 is 0 Å². The molecule has 112 valence electrons. The second-order valence-corrected chi connectivity index (χ2v) is 7.66. The first-order valence-corrected chi connectivity index (χ1v) is 8.55. The van der Waals surface area contributed by atoms with Crippen LogP contribution in [0, 0.1) is 0 Å². The Balaban J connectivity index is 3.57. The van der Waals surface area contributed by atoms with E-state index < -0.39 is 0 Å². The Morgan fingerprint density at radius 1 is 1.00 bits per heavy atom. The van der Waals surface area contributed by atoms with E-state index in [-0.39, 0.29) is 11.6 Å². The molecule has 3 heteroatoms. The highest BCUT2D eigenvalue weighted by atomic mass is 32.2. The number of ketones is 2. The average molecular weight is 286 g/mol. The molecule has 0 aliphatic heterocycles. The van der Waals surface area contributed by atoms with E-state index in [9.17, 15) is 9.59 Å². The van der Waals surface area contributed by atoms with Gasteiger partial charge in [-0.15, -0.1) is 0 Å². The van der Waals surface area contributed by atoms with Crippen LogP contribution in [-0.2, 0) is 9.59 Å². The lowest BCUT2D eigenvalue weighted by Gasteiger charge is -2.24. The lowest BCUT2D eigenvalue weighted by molar-refractivity contribution is -0.135. The summed E-state index contributed by atoms with van der Waals surface area (Å²) >= 11 is 2.00. The smallest absolute Gasteiger partial charge is 0.198 e. The first-order valence-electron chi connectivity index (χ1n) is 7.57. The minimum absolute atomic E-state index is 0.219. The van der Waals surface area contributed by atoms with Crippen LogP contribution in [0.15, 0.2) is 0 Å². The molecule has 19 heavy (non-hydrogen) atoms. The normalized spacial score (nSPS) is 11.6. The summed E-state index contributed by atoms with van der Waals surface area (Å²) in [6.07, 6.45) is 8.85. The molecule has 0 bridgehead atoms. The number of carbonyl (C=O) groups is 2. The van der Waals surface area contributed by atoms with Crippen molar-refractivity contribution >= 4 is 23.3 Å². The summed E-state index contributed by atoms with van der Waals surface area (Å²) in [5.74, 6) is 0.569. The average Bonchev–Trinajstić information content (AvgIpc) is 2.33. The summed E-state index contributed by atoms with van der Waals surface area (Å²) < 4.78 is 0.346. The lowest BCUT2D eigenvalue weighted by atomic mass is 10.0. The van der Waals surface area contributed by atoms with E-state index in [0.717, 1.165) is 18.6 Å². The molecule has 0 aromatic rings. The summed E-state index contributed by atoms with van der Waals surface area (Å²) in [6.45, 7) is 8.22. The van der Waals surface area contributed by atoms with Crippen molar-refractivity contribution in [2.24, 2.45) is 0 Å². The van der Waals surface area contributed by atoms with Crippen molar-refractivity contribution in [2.75, 3.05) is 5.75 Å². The van der Waals surface area contributed by atoms with Gasteiger partial charge in [0.1, 0.15) is 0 Å². The van der Waals surface area contributed by atoms with Crippen molar-refractivity contribution in [3.63, 3.8) is 0 Å². The molecule has 0 aliphatic rings. The van der Waals surface area contributed by atoms with Gasteiger partial charge in [-0.05, 0) is 25.0 Å². The highest BCUT2D eigenvalue weighted by Gasteiger charge is 2.17. The number of hydrogen-bond donors (Lipinski definition) is 0. The molecule has 0 saturated carbocycles. The Labute approximate surface area is 123 Å². The van der Waals surface area contributed by atoms with Crippen molar-refractivity contribution in [3.05, 3.63) is 0 Å². The number of rotatable bonds is 12. The molecule has 0 aromatic heterocycles. The second kappa shape index (κ2) is 10.5. The number of unbranched alkanes of at least 4 members (excludes halogenated alkanes) is 4. The Hall–Kier alpha value is -0.310. The monoisotopic (exact) mass is 286 g/mol. The number of thioether (sulfide) groups is 1. The Morgan fingerprint density at radius 3 is 2.26 bits per heavy atom. The van der Waals surface area contributed by atoms with Gasteiger partial charge in [-0.25, -0.2) is 0 Å². The van der Waals surface area contributed by atoms with E-state index in [2.05, 4.69) is 20.8 Å². The third-order valence-corrected chi connectivity index (χ3v) is 4.79. The molecule has 0 unspecified atom stereocenters. The maximum atomic E-state index is 11.1. The Kier molecular flexibility index (Phi) is 10.3. The molecule has 0 aliphatic carbocycles. The van der Waals surface area contributed by atoms with Gasteiger partial charge < -0.3 is 0 Å². The third kappa shape index (κ3) is 11.2. The van der Waals surface area contributed by atoms with Gasteiger partial charge in [0.05, 0.1) is 0 Å². The molecule has 0 aromatic carbocycles. The molecule has 2 nitrogen and oxygen atoms in total. The lowest BCUT2D eigenvalue weighted by Crippen LogP contribution is -2.15. The van der Waals surface area contributed by atoms with E-state index in [0.29, 0.717) is 11.2 Å². The highest BCUT2D eigenvalue weighted by molar-refractivity contribution is 8.00. The quantitative estimate of drug-likeness (QED) is 0.382. The predicted molar refractivity (Wildman–Crippen MR) is 84.8 cm³/mol. The molecule has 0 radical (unpaired) electrons. The van der Waals surface area contributed by atoms with Crippen LogP contribution in [0.25, 0.3) is 0 Å². The molecule has 0 amide bonds. The molecule has 0 rings (SSSR count). The van der Waals surface area contributed by atoms with Gasteiger partial charge in [-0.1, -0.05) is 46.5 Å². The van der Waals surface area contributed by atoms with Crippen LogP contribution in [0.2, 0.25) is 0 Å². The fraction of sp³-hybridized carbons (Fsp3) is 0.875. The van der Waals surface area contributed by atoms with Crippen molar-refractivity contribution in [1.29, 1.82) is 0 Å². The van der Waals surface area contributed by atoms with Gasteiger partial charge in [0, 0.05) is 18.1 Å². The zero-order valence-electron chi connectivity index (χ0n) is 13.1. The van der Waals surface area contributed by atoms with Crippen LogP contribution in [0.1, 0.15) is 79.1 Å². The zero-order valence-corrected chi connectivity index (χ0v) is 13.9. The van der Waals surface area contributed by atoms with E-state index in [1.807, 2.05) is 11.8 Å². The largest absolute Gasteiger partial charge is 0.291 e. The summed E-state index contributed by atoms with van der Waals surface area (Å²) in [6, 6.07) is 0. The van der Waals surface area contributed by atoms with E-state index in [1.165, 1.54) is 39.0 Å². The molecular weight excluding hydrogens is 256 g/mol. The zero-order chi connectivity index (χ0) is 14.7. The standard InChI is InChI=1S/C16H30O2S/c1-5-6-7-9-12-16(3,4)19-13-10-8-11-15(18)14(2)17/h5-13H2,1-4H3. The minimum atomic E-state index is -0.302. The topological polar surface area (TPSA) is 34.1 Å². The number of Topliss-reactive ketones (excluding diaryl/α,β-unsaturated/α-hetero) is 2. The van der Waals surface area contributed by atoms with Gasteiger partial charge in [0.2, 0.25) is 0 Å². The fourth-order valence-electron chi connectivity index (χ4n) is 1.96. The Bertz CT molecular complexity index is 272. The first kappa shape index (κ1) is 18.7. The van der Waals surface area contributed by atoms with E-state index in [1.54, 1.807) is 0 Å². The van der Waals surface area contributed by atoms with Crippen LogP contribution in [-0.4, -0.2) is 22.1 Å². The number of hydrogen-bond acceptors (Lipinski definition) is 3. The highest BCUT2D eigenvalue weighted by Crippen LogP contribution is 2.31. The summed E-state index contributed by atoms with van der Waals surface area (Å²) in [4.78, 5) is 21.9. The van der Waals surface area contributed by atoms with Crippen molar-refractivity contribution in [1.82, 2.24) is 0 Å². The van der Waals surface area contributed by atoms with Gasteiger partial charge in [-0.2, -0.15) is 11.8 Å². The number of carbonyl (C=O) groups excluding carboxylic acids is 2. The summed E-state index contributed by atoms with van der Waals surface area (Å²) in [5, 5.41) is 0.